The fourth-order valence-electron chi connectivity index (χ4n) is 3.40. The van der Waals surface area contributed by atoms with Gasteiger partial charge < -0.3 is 29.5 Å². The Morgan fingerprint density at radius 2 is 0.975 bits per heavy atom. The topological polar surface area (TPSA) is 140 Å². The number of hydrogen-bond acceptors (Lipinski definition) is 9. The van der Waals surface area contributed by atoms with Crippen LogP contribution in [0.5, 0.6) is 34.5 Å². The summed E-state index contributed by atoms with van der Waals surface area (Å²) in [5.41, 5.74) is 1.77. The highest BCUT2D eigenvalue weighted by Crippen LogP contribution is 2.29. The molecule has 40 heavy (non-hydrogen) atoms. The molecule has 0 amide bonds. The maximum atomic E-state index is 12.2. The highest BCUT2D eigenvalue weighted by atomic mass is 16.5. The molecule has 206 valence electrons. The van der Waals surface area contributed by atoms with Gasteiger partial charge in [0.15, 0.2) is 58.5 Å². The standard InChI is InChI=1S/C31H28O9/c1-38-29-15-20(6-12-26(29)35)3-9-23(32)18-24(33)10-4-22-8-14-28(37)31(17-22)40-19-25(34)11-5-21-7-13-27(36)30(16-21)39-2/h3-17,35-37H,18-19H2,1-2H3/b9-3+,10-4+,11-5+. The molecule has 0 saturated heterocycles. The van der Waals surface area contributed by atoms with Crippen LogP contribution in [-0.2, 0) is 14.4 Å². The van der Waals surface area contributed by atoms with Crippen molar-refractivity contribution in [2.75, 3.05) is 20.8 Å². The van der Waals surface area contributed by atoms with Gasteiger partial charge in [-0.05, 0) is 71.3 Å². The van der Waals surface area contributed by atoms with E-state index in [1.54, 1.807) is 30.3 Å². The maximum absolute atomic E-state index is 12.2. The molecule has 0 aliphatic heterocycles. The molecule has 0 heterocycles. The number of rotatable bonds is 13. The van der Waals surface area contributed by atoms with E-state index in [4.69, 9.17) is 14.2 Å². The molecule has 9 heteroatoms. The van der Waals surface area contributed by atoms with Gasteiger partial charge in [-0.2, -0.15) is 0 Å². The molecule has 0 fully saturated rings. The zero-order valence-electron chi connectivity index (χ0n) is 21.9. The molecule has 0 aromatic heterocycles. The minimum absolute atomic E-state index is 0.0177. The minimum Gasteiger partial charge on any atom is -0.504 e. The van der Waals surface area contributed by atoms with Crippen LogP contribution in [0.25, 0.3) is 18.2 Å². The van der Waals surface area contributed by atoms with E-state index in [1.165, 1.54) is 74.9 Å². The third-order valence-corrected chi connectivity index (χ3v) is 5.49. The molecule has 0 atom stereocenters. The summed E-state index contributed by atoms with van der Waals surface area (Å²) < 4.78 is 15.5. The Morgan fingerprint density at radius 1 is 0.600 bits per heavy atom. The Balaban J connectivity index is 1.54. The fourth-order valence-corrected chi connectivity index (χ4v) is 3.40. The molecule has 0 aliphatic carbocycles. The minimum atomic E-state index is -0.431. The van der Waals surface area contributed by atoms with E-state index >= 15 is 0 Å². The van der Waals surface area contributed by atoms with Gasteiger partial charge in [0.25, 0.3) is 0 Å². The van der Waals surface area contributed by atoms with Crippen molar-refractivity contribution in [3.05, 3.63) is 89.5 Å². The Bertz CT molecular complexity index is 1480. The van der Waals surface area contributed by atoms with Crippen LogP contribution in [0.1, 0.15) is 23.1 Å². The summed E-state index contributed by atoms with van der Waals surface area (Å²) in [5.74, 6) is -0.855. The van der Waals surface area contributed by atoms with Gasteiger partial charge in [0.2, 0.25) is 0 Å². The van der Waals surface area contributed by atoms with Crippen molar-refractivity contribution in [1.82, 2.24) is 0 Å². The normalized spacial score (nSPS) is 11.2. The van der Waals surface area contributed by atoms with E-state index in [1.807, 2.05) is 0 Å². The van der Waals surface area contributed by atoms with Crippen molar-refractivity contribution in [1.29, 1.82) is 0 Å². The quantitative estimate of drug-likeness (QED) is 0.206. The predicted octanol–water partition coefficient (Wildman–Crippen LogP) is 4.74. The van der Waals surface area contributed by atoms with E-state index in [9.17, 15) is 29.7 Å². The third kappa shape index (κ3) is 8.63. The lowest BCUT2D eigenvalue weighted by Crippen LogP contribution is -2.08. The van der Waals surface area contributed by atoms with E-state index in [2.05, 4.69) is 0 Å². The number of ether oxygens (including phenoxy) is 3. The monoisotopic (exact) mass is 544 g/mol. The van der Waals surface area contributed by atoms with Gasteiger partial charge in [0, 0.05) is 0 Å². The Kier molecular flexibility index (Phi) is 10.2. The number of aromatic hydroxyl groups is 3. The molecule has 0 saturated carbocycles. The number of allylic oxidation sites excluding steroid dienone is 2. The number of methoxy groups -OCH3 is 2. The van der Waals surface area contributed by atoms with Gasteiger partial charge in [0.1, 0.15) is 0 Å². The number of carbonyl (C=O) groups is 3. The van der Waals surface area contributed by atoms with E-state index in [-0.39, 0.29) is 53.3 Å². The van der Waals surface area contributed by atoms with Crippen LogP contribution < -0.4 is 14.2 Å². The van der Waals surface area contributed by atoms with Crippen LogP contribution in [0, 0.1) is 0 Å². The first kappa shape index (κ1) is 29.2. The lowest BCUT2D eigenvalue weighted by atomic mass is 10.1. The molecule has 0 aliphatic rings. The van der Waals surface area contributed by atoms with Gasteiger partial charge in [0.05, 0.1) is 20.6 Å². The maximum Gasteiger partial charge on any atom is 0.193 e. The summed E-state index contributed by atoms with van der Waals surface area (Å²) >= 11 is 0. The summed E-state index contributed by atoms with van der Waals surface area (Å²) in [7, 11) is 2.83. The largest absolute Gasteiger partial charge is 0.504 e. The average Bonchev–Trinajstić information content (AvgIpc) is 2.95. The highest BCUT2D eigenvalue weighted by molar-refractivity contribution is 6.10. The zero-order chi connectivity index (χ0) is 29.1. The van der Waals surface area contributed by atoms with Crippen LogP contribution in [0.2, 0.25) is 0 Å². The van der Waals surface area contributed by atoms with Gasteiger partial charge in [-0.15, -0.1) is 0 Å². The number of carbonyl (C=O) groups excluding carboxylic acids is 3. The molecule has 0 spiro atoms. The highest BCUT2D eigenvalue weighted by Gasteiger charge is 2.08. The number of benzene rings is 3. The van der Waals surface area contributed by atoms with Crippen molar-refractivity contribution in [3.8, 4) is 34.5 Å². The molecule has 0 radical (unpaired) electrons. The van der Waals surface area contributed by atoms with Gasteiger partial charge in [-0.3, -0.25) is 14.4 Å². The Labute approximate surface area is 230 Å². The van der Waals surface area contributed by atoms with Crippen LogP contribution >= 0.6 is 0 Å². The molecule has 3 rings (SSSR count). The molecule has 0 bridgehead atoms. The Morgan fingerprint density at radius 3 is 1.40 bits per heavy atom. The summed E-state index contributed by atoms with van der Waals surface area (Å²) in [6.45, 7) is -0.348. The molecule has 9 nitrogen and oxygen atoms in total. The number of ketones is 3. The number of hydrogen-bond donors (Lipinski definition) is 3. The molecule has 3 aromatic carbocycles. The van der Waals surface area contributed by atoms with Crippen LogP contribution in [0.4, 0.5) is 0 Å². The molecule has 0 unspecified atom stereocenters. The van der Waals surface area contributed by atoms with Gasteiger partial charge >= 0.3 is 0 Å². The fraction of sp³-hybridized carbons (Fsp3) is 0.129. The second kappa shape index (κ2) is 14.0. The van der Waals surface area contributed by atoms with E-state index in [0.29, 0.717) is 16.7 Å². The van der Waals surface area contributed by atoms with Crippen LogP contribution in [0.15, 0.2) is 72.8 Å². The first-order chi connectivity index (χ1) is 19.2. The summed E-state index contributed by atoms with van der Waals surface area (Å²) in [5, 5.41) is 29.4. The molecule has 3 aromatic rings. The third-order valence-electron chi connectivity index (χ3n) is 5.49. The van der Waals surface area contributed by atoms with Crippen molar-refractivity contribution in [3.63, 3.8) is 0 Å². The van der Waals surface area contributed by atoms with E-state index < -0.39 is 11.6 Å². The summed E-state index contributed by atoms with van der Waals surface area (Å²) in [4.78, 5) is 36.6. The second-order valence-electron chi connectivity index (χ2n) is 8.45. The van der Waals surface area contributed by atoms with Crippen LogP contribution in [-0.4, -0.2) is 53.5 Å². The number of phenolic OH excluding ortho intramolecular Hbond substituents is 3. The second-order valence-corrected chi connectivity index (χ2v) is 8.45. The van der Waals surface area contributed by atoms with Crippen molar-refractivity contribution < 1.29 is 43.9 Å². The van der Waals surface area contributed by atoms with E-state index in [0.717, 1.165) is 0 Å². The molecular weight excluding hydrogens is 516 g/mol. The van der Waals surface area contributed by atoms with Crippen molar-refractivity contribution in [2.45, 2.75) is 6.42 Å². The summed E-state index contributed by atoms with van der Waals surface area (Å²) in [6.07, 6.45) is 7.99. The number of phenols is 3. The molecular formula is C31H28O9. The van der Waals surface area contributed by atoms with Gasteiger partial charge in [-0.25, -0.2) is 0 Å². The smallest absolute Gasteiger partial charge is 0.193 e. The van der Waals surface area contributed by atoms with Gasteiger partial charge in [-0.1, -0.05) is 36.4 Å². The van der Waals surface area contributed by atoms with Crippen molar-refractivity contribution in [2.24, 2.45) is 0 Å². The van der Waals surface area contributed by atoms with Crippen LogP contribution in [0.3, 0.4) is 0 Å². The lowest BCUT2D eigenvalue weighted by Gasteiger charge is -2.07. The first-order valence-corrected chi connectivity index (χ1v) is 12.0. The van der Waals surface area contributed by atoms with Crippen molar-refractivity contribution >= 4 is 35.6 Å². The average molecular weight is 545 g/mol. The zero-order valence-corrected chi connectivity index (χ0v) is 21.9. The Hall–Kier alpha value is -5.31. The lowest BCUT2D eigenvalue weighted by molar-refractivity contribution is -0.122. The SMILES string of the molecule is COc1cc(/C=C/C(=O)COc2cc(/C=C/C(=O)CC(=O)/C=C/c3ccc(O)c(OC)c3)ccc2O)ccc1O. The molecule has 3 N–H and O–H groups in total. The summed E-state index contributed by atoms with van der Waals surface area (Å²) in [6, 6.07) is 13.6. The predicted molar refractivity (Wildman–Crippen MR) is 150 cm³/mol. The first-order valence-electron chi connectivity index (χ1n) is 12.0.